The van der Waals surface area contributed by atoms with Gasteiger partial charge in [0.15, 0.2) is 0 Å². The molecule has 1 fully saturated rings. The van der Waals surface area contributed by atoms with Crippen LogP contribution in [-0.2, 0) is 0 Å². The second kappa shape index (κ2) is 5.37. The summed E-state index contributed by atoms with van der Waals surface area (Å²) in [6.45, 7) is 5.63. The predicted octanol–water partition coefficient (Wildman–Crippen LogP) is 3.07. The average Bonchev–Trinajstić information content (AvgIpc) is 2.35. The SMILES string of the molecule is CN1CCC(C)(CNc2cc(Cl)ccc2N)CC1. The molecule has 0 bridgehead atoms. The van der Waals surface area contributed by atoms with Crippen LogP contribution in [0.3, 0.4) is 0 Å². The number of piperidine rings is 1. The van der Waals surface area contributed by atoms with E-state index in [9.17, 15) is 0 Å². The zero-order chi connectivity index (χ0) is 13.2. The van der Waals surface area contributed by atoms with Gasteiger partial charge in [-0.3, -0.25) is 0 Å². The topological polar surface area (TPSA) is 41.3 Å². The fourth-order valence-corrected chi connectivity index (χ4v) is 2.50. The van der Waals surface area contributed by atoms with E-state index in [4.69, 9.17) is 17.3 Å². The summed E-state index contributed by atoms with van der Waals surface area (Å²) in [6.07, 6.45) is 2.44. The molecule has 4 heteroatoms. The van der Waals surface area contributed by atoms with Gasteiger partial charge in [-0.15, -0.1) is 0 Å². The molecule has 0 atom stereocenters. The Labute approximate surface area is 114 Å². The minimum atomic E-state index is 0.348. The number of nitrogens with one attached hydrogen (secondary N) is 1. The van der Waals surface area contributed by atoms with Crippen LogP contribution in [0.15, 0.2) is 18.2 Å². The zero-order valence-electron chi connectivity index (χ0n) is 11.2. The van der Waals surface area contributed by atoms with E-state index < -0.39 is 0 Å². The number of anilines is 2. The van der Waals surface area contributed by atoms with Crippen LogP contribution in [0.25, 0.3) is 0 Å². The van der Waals surface area contributed by atoms with Crippen molar-refractivity contribution in [3.8, 4) is 0 Å². The first kappa shape index (κ1) is 13.5. The number of likely N-dealkylation sites (tertiary alicyclic amines) is 1. The van der Waals surface area contributed by atoms with E-state index in [0.717, 1.165) is 22.9 Å². The highest BCUT2D eigenvalue weighted by molar-refractivity contribution is 6.31. The Morgan fingerprint density at radius 2 is 2.06 bits per heavy atom. The minimum Gasteiger partial charge on any atom is -0.397 e. The number of halogens is 1. The van der Waals surface area contributed by atoms with Gasteiger partial charge in [-0.1, -0.05) is 18.5 Å². The van der Waals surface area contributed by atoms with Gasteiger partial charge in [0, 0.05) is 11.6 Å². The highest BCUT2D eigenvalue weighted by Crippen LogP contribution is 2.32. The van der Waals surface area contributed by atoms with Gasteiger partial charge >= 0.3 is 0 Å². The summed E-state index contributed by atoms with van der Waals surface area (Å²) in [5.41, 5.74) is 8.00. The van der Waals surface area contributed by atoms with Crippen LogP contribution in [-0.4, -0.2) is 31.6 Å². The van der Waals surface area contributed by atoms with Crippen LogP contribution in [0, 0.1) is 5.41 Å². The van der Waals surface area contributed by atoms with Gasteiger partial charge < -0.3 is 16.0 Å². The molecule has 1 heterocycles. The van der Waals surface area contributed by atoms with Gasteiger partial charge in [-0.25, -0.2) is 0 Å². The molecule has 0 radical (unpaired) electrons. The van der Waals surface area contributed by atoms with E-state index in [-0.39, 0.29) is 0 Å². The van der Waals surface area contributed by atoms with Gasteiger partial charge in [0.25, 0.3) is 0 Å². The number of rotatable bonds is 3. The monoisotopic (exact) mass is 267 g/mol. The number of nitrogens with zero attached hydrogens (tertiary/aromatic N) is 1. The van der Waals surface area contributed by atoms with E-state index in [1.807, 2.05) is 18.2 Å². The Bertz CT molecular complexity index is 412. The lowest BCUT2D eigenvalue weighted by molar-refractivity contribution is 0.150. The van der Waals surface area contributed by atoms with Crippen molar-refractivity contribution in [3.05, 3.63) is 23.2 Å². The first-order valence-corrected chi connectivity index (χ1v) is 6.84. The highest BCUT2D eigenvalue weighted by Gasteiger charge is 2.28. The molecule has 0 saturated carbocycles. The van der Waals surface area contributed by atoms with Crippen LogP contribution in [0.4, 0.5) is 11.4 Å². The Hall–Kier alpha value is -0.930. The Morgan fingerprint density at radius 1 is 1.39 bits per heavy atom. The molecule has 1 aliphatic heterocycles. The molecule has 18 heavy (non-hydrogen) atoms. The Balaban J connectivity index is 1.96. The molecule has 100 valence electrons. The van der Waals surface area contributed by atoms with E-state index in [1.54, 1.807) is 0 Å². The van der Waals surface area contributed by atoms with Crippen molar-refractivity contribution in [1.82, 2.24) is 4.90 Å². The summed E-state index contributed by atoms with van der Waals surface area (Å²) < 4.78 is 0. The molecule has 3 N–H and O–H groups in total. The summed E-state index contributed by atoms with van der Waals surface area (Å²) in [6, 6.07) is 5.57. The van der Waals surface area contributed by atoms with Gasteiger partial charge in [0.1, 0.15) is 0 Å². The molecule has 1 saturated heterocycles. The van der Waals surface area contributed by atoms with Crippen molar-refractivity contribution in [2.24, 2.45) is 5.41 Å². The molecular weight excluding hydrogens is 246 g/mol. The van der Waals surface area contributed by atoms with Crippen molar-refractivity contribution in [3.63, 3.8) is 0 Å². The summed E-state index contributed by atoms with van der Waals surface area (Å²) >= 11 is 5.99. The maximum Gasteiger partial charge on any atom is 0.0589 e. The highest BCUT2D eigenvalue weighted by atomic mass is 35.5. The van der Waals surface area contributed by atoms with Crippen molar-refractivity contribution < 1.29 is 0 Å². The number of nitrogen functional groups attached to an aromatic ring is 1. The zero-order valence-corrected chi connectivity index (χ0v) is 11.9. The summed E-state index contributed by atoms with van der Waals surface area (Å²) in [4.78, 5) is 2.38. The van der Waals surface area contributed by atoms with Crippen molar-refractivity contribution >= 4 is 23.0 Å². The largest absolute Gasteiger partial charge is 0.397 e. The fraction of sp³-hybridized carbons (Fsp3) is 0.571. The Kier molecular flexibility index (Phi) is 4.03. The van der Waals surface area contributed by atoms with Crippen LogP contribution in [0.2, 0.25) is 5.02 Å². The van der Waals surface area contributed by atoms with Gasteiger partial charge in [-0.05, 0) is 56.6 Å². The summed E-state index contributed by atoms with van der Waals surface area (Å²) in [7, 11) is 2.18. The van der Waals surface area contributed by atoms with Crippen LogP contribution in [0.5, 0.6) is 0 Å². The van der Waals surface area contributed by atoms with Gasteiger partial charge in [0.05, 0.1) is 11.4 Å². The van der Waals surface area contributed by atoms with Crippen LogP contribution in [0.1, 0.15) is 19.8 Å². The lowest BCUT2D eigenvalue weighted by Crippen LogP contribution is -2.40. The Morgan fingerprint density at radius 3 is 2.72 bits per heavy atom. The van der Waals surface area contributed by atoms with Gasteiger partial charge in [0.2, 0.25) is 0 Å². The first-order chi connectivity index (χ1) is 8.48. The molecule has 3 nitrogen and oxygen atoms in total. The fourth-order valence-electron chi connectivity index (χ4n) is 2.33. The predicted molar refractivity (Wildman–Crippen MR) is 79.2 cm³/mol. The maximum absolute atomic E-state index is 5.99. The molecular formula is C14H22ClN3. The molecule has 0 aliphatic carbocycles. The minimum absolute atomic E-state index is 0.348. The number of nitrogens with two attached hydrogens (primary N) is 1. The van der Waals surface area contributed by atoms with E-state index in [0.29, 0.717) is 5.41 Å². The third-order valence-electron chi connectivity index (χ3n) is 3.92. The van der Waals surface area contributed by atoms with E-state index >= 15 is 0 Å². The molecule has 1 aromatic rings. The maximum atomic E-state index is 5.99. The molecule has 0 spiro atoms. The van der Waals surface area contributed by atoms with E-state index in [2.05, 4.69) is 24.2 Å². The smallest absolute Gasteiger partial charge is 0.0589 e. The molecule has 0 unspecified atom stereocenters. The molecule has 2 rings (SSSR count). The van der Waals surface area contributed by atoms with E-state index in [1.165, 1.54) is 25.9 Å². The van der Waals surface area contributed by atoms with Crippen molar-refractivity contribution in [1.29, 1.82) is 0 Å². The van der Waals surface area contributed by atoms with Crippen LogP contribution < -0.4 is 11.1 Å². The standard InChI is InChI=1S/C14H22ClN3/c1-14(5-7-18(2)8-6-14)10-17-13-9-11(15)3-4-12(13)16/h3-4,9,17H,5-8,10,16H2,1-2H3. The summed E-state index contributed by atoms with van der Waals surface area (Å²) in [5.74, 6) is 0. The lowest BCUT2D eigenvalue weighted by atomic mass is 9.80. The molecule has 1 aromatic carbocycles. The lowest BCUT2D eigenvalue weighted by Gasteiger charge is -2.38. The van der Waals surface area contributed by atoms with Crippen molar-refractivity contribution in [2.45, 2.75) is 19.8 Å². The number of hydrogen-bond donors (Lipinski definition) is 2. The van der Waals surface area contributed by atoms with Crippen molar-refractivity contribution in [2.75, 3.05) is 37.7 Å². The van der Waals surface area contributed by atoms with Crippen LogP contribution >= 0.6 is 11.6 Å². The molecule has 0 amide bonds. The summed E-state index contributed by atoms with van der Waals surface area (Å²) in [5, 5.41) is 4.17. The number of hydrogen-bond acceptors (Lipinski definition) is 3. The normalized spacial score (nSPS) is 19.7. The second-order valence-electron chi connectivity index (χ2n) is 5.70. The van der Waals surface area contributed by atoms with Gasteiger partial charge in [-0.2, -0.15) is 0 Å². The first-order valence-electron chi connectivity index (χ1n) is 6.46. The number of benzene rings is 1. The quantitative estimate of drug-likeness (QED) is 0.827. The molecule has 0 aromatic heterocycles. The average molecular weight is 268 g/mol. The second-order valence-corrected chi connectivity index (χ2v) is 6.14. The molecule has 1 aliphatic rings. The third kappa shape index (κ3) is 3.30. The third-order valence-corrected chi connectivity index (χ3v) is 4.15.